The van der Waals surface area contributed by atoms with Crippen LogP contribution < -0.4 is 5.73 Å². The molecule has 0 aliphatic heterocycles. The van der Waals surface area contributed by atoms with Crippen LogP contribution >= 0.6 is 23.4 Å². The Labute approximate surface area is 103 Å². The van der Waals surface area contributed by atoms with Crippen molar-refractivity contribution in [3.63, 3.8) is 0 Å². The second-order valence-corrected chi connectivity index (χ2v) is 4.60. The van der Waals surface area contributed by atoms with Gasteiger partial charge in [-0.3, -0.25) is 0 Å². The lowest BCUT2D eigenvalue weighted by atomic mass is 10.3. The highest BCUT2D eigenvalue weighted by Crippen LogP contribution is 2.25. The summed E-state index contributed by atoms with van der Waals surface area (Å²) in [6.45, 7) is 0.518. The molecule has 0 aliphatic rings. The van der Waals surface area contributed by atoms with Gasteiger partial charge >= 0.3 is 0 Å². The molecule has 82 valence electrons. The summed E-state index contributed by atoms with van der Waals surface area (Å²) >= 11 is 7.25. The highest BCUT2D eigenvalue weighted by atomic mass is 35.5. The van der Waals surface area contributed by atoms with E-state index >= 15 is 0 Å². The summed E-state index contributed by atoms with van der Waals surface area (Å²) in [6.07, 6.45) is 3.37. The molecule has 2 rings (SSSR count). The van der Waals surface area contributed by atoms with E-state index in [0.717, 1.165) is 15.6 Å². The summed E-state index contributed by atoms with van der Waals surface area (Å²) in [5.41, 5.74) is 6.62. The fourth-order valence-electron chi connectivity index (χ4n) is 1.16. The average molecular weight is 252 g/mol. The molecule has 16 heavy (non-hydrogen) atoms. The minimum atomic E-state index is 0.518. The first-order valence-electron chi connectivity index (χ1n) is 4.72. The van der Waals surface area contributed by atoms with E-state index in [0.29, 0.717) is 11.6 Å². The molecule has 0 radical (unpaired) electrons. The van der Waals surface area contributed by atoms with Gasteiger partial charge in [0.1, 0.15) is 10.1 Å². The molecule has 0 fully saturated rings. The minimum Gasteiger partial charge on any atom is -0.326 e. The first kappa shape index (κ1) is 11.4. The molecule has 0 atom stereocenters. The van der Waals surface area contributed by atoms with E-state index in [1.165, 1.54) is 11.8 Å². The van der Waals surface area contributed by atoms with Gasteiger partial charge in [0.05, 0.1) is 5.02 Å². The van der Waals surface area contributed by atoms with Gasteiger partial charge in [-0.05, 0) is 29.8 Å². The van der Waals surface area contributed by atoms with Crippen molar-refractivity contribution >= 4 is 23.4 Å². The molecule has 0 bridgehead atoms. The standard InChI is InChI=1S/C11H10ClN3S/c12-9-1-2-10(15-7-9)16-11-5-8(6-13)3-4-14-11/h1-5,7H,6,13H2. The van der Waals surface area contributed by atoms with Gasteiger partial charge in [-0.25, -0.2) is 9.97 Å². The average Bonchev–Trinajstić information content (AvgIpc) is 2.32. The van der Waals surface area contributed by atoms with Crippen LogP contribution in [0.3, 0.4) is 0 Å². The summed E-state index contributed by atoms with van der Waals surface area (Å²) in [5.74, 6) is 0. The zero-order chi connectivity index (χ0) is 11.4. The highest BCUT2D eigenvalue weighted by Gasteiger charge is 2.01. The third-order valence-corrected chi connectivity index (χ3v) is 3.05. The van der Waals surface area contributed by atoms with E-state index in [9.17, 15) is 0 Å². The Kier molecular flexibility index (Phi) is 3.77. The van der Waals surface area contributed by atoms with Crippen molar-refractivity contribution in [3.8, 4) is 0 Å². The summed E-state index contributed by atoms with van der Waals surface area (Å²) in [7, 11) is 0. The van der Waals surface area contributed by atoms with Crippen LogP contribution in [0, 0.1) is 0 Å². The largest absolute Gasteiger partial charge is 0.326 e. The van der Waals surface area contributed by atoms with Crippen LogP contribution in [0.2, 0.25) is 5.02 Å². The molecule has 0 aromatic carbocycles. The second-order valence-electron chi connectivity index (χ2n) is 3.12. The highest BCUT2D eigenvalue weighted by molar-refractivity contribution is 7.99. The molecule has 3 nitrogen and oxygen atoms in total. The lowest BCUT2D eigenvalue weighted by Crippen LogP contribution is -1.96. The molecule has 2 aromatic heterocycles. The van der Waals surface area contributed by atoms with Crippen molar-refractivity contribution in [2.24, 2.45) is 5.73 Å². The molecule has 0 aliphatic carbocycles. The molecule has 0 spiro atoms. The monoisotopic (exact) mass is 251 g/mol. The fourth-order valence-corrected chi connectivity index (χ4v) is 2.05. The van der Waals surface area contributed by atoms with Gasteiger partial charge in [-0.15, -0.1) is 0 Å². The van der Waals surface area contributed by atoms with Crippen LogP contribution in [0.1, 0.15) is 5.56 Å². The van der Waals surface area contributed by atoms with Gasteiger partial charge in [-0.2, -0.15) is 0 Å². The zero-order valence-corrected chi connectivity index (χ0v) is 10.0. The van der Waals surface area contributed by atoms with Crippen LogP contribution in [0.25, 0.3) is 0 Å². The number of rotatable bonds is 3. The molecule has 2 heterocycles. The summed E-state index contributed by atoms with van der Waals surface area (Å²) in [5, 5.41) is 2.39. The van der Waals surface area contributed by atoms with Crippen LogP contribution in [0.5, 0.6) is 0 Å². The molecular formula is C11H10ClN3S. The number of halogens is 1. The summed E-state index contributed by atoms with van der Waals surface area (Å²) < 4.78 is 0. The molecule has 0 amide bonds. The second kappa shape index (κ2) is 5.30. The quantitative estimate of drug-likeness (QED) is 0.911. The number of hydrogen-bond acceptors (Lipinski definition) is 4. The van der Waals surface area contributed by atoms with E-state index in [4.69, 9.17) is 17.3 Å². The van der Waals surface area contributed by atoms with Crippen LogP contribution in [0.15, 0.2) is 46.7 Å². The lowest BCUT2D eigenvalue weighted by Gasteiger charge is -2.01. The molecule has 5 heteroatoms. The van der Waals surface area contributed by atoms with Crippen LogP contribution in [-0.2, 0) is 6.54 Å². The van der Waals surface area contributed by atoms with E-state index in [1.54, 1.807) is 12.4 Å². The van der Waals surface area contributed by atoms with Gasteiger partial charge in [0.25, 0.3) is 0 Å². The topological polar surface area (TPSA) is 51.8 Å². The molecule has 0 unspecified atom stereocenters. The Morgan fingerprint density at radius 1 is 1.19 bits per heavy atom. The summed E-state index contributed by atoms with van der Waals surface area (Å²) in [6, 6.07) is 7.54. The maximum atomic E-state index is 5.76. The third-order valence-electron chi connectivity index (χ3n) is 1.94. The Morgan fingerprint density at radius 2 is 2.06 bits per heavy atom. The van der Waals surface area contributed by atoms with Gasteiger partial charge in [0, 0.05) is 18.9 Å². The van der Waals surface area contributed by atoms with Crippen molar-refractivity contribution in [1.82, 2.24) is 9.97 Å². The van der Waals surface area contributed by atoms with Gasteiger partial charge in [-0.1, -0.05) is 23.4 Å². The van der Waals surface area contributed by atoms with Crippen molar-refractivity contribution in [1.29, 1.82) is 0 Å². The van der Waals surface area contributed by atoms with E-state index < -0.39 is 0 Å². The molecule has 2 N–H and O–H groups in total. The first-order chi connectivity index (χ1) is 7.78. The first-order valence-corrected chi connectivity index (χ1v) is 5.92. The van der Waals surface area contributed by atoms with Crippen molar-refractivity contribution in [2.75, 3.05) is 0 Å². The Morgan fingerprint density at radius 3 is 2.75 bits per heavy atom. The normalized spacial score (nSPS) is 10.4. The maximum absolute atomic E-state index is 5.76. The van der Waals surface area contributed by atoms with Gasteiger partial charge in [0.15, 0.2) is 0 Å². The van der Waals surface area contributed by atoms with E-state index in [2.05, 4.69) is 9.97 Å². The number of nitrogens with zero attached hydrogens (tertiary/aromatic N) is 2. The van der Waals surface area contributed by atoms with Gasteiger partial charge in [0.2, 0.25) is 0 Å². The lowest BCUT2D eigenvalue weighted by molar-refractivity contribution is 1.01. The fraction of sp³-hybridized carbons (Fsp3) is 0.0909. The Balaban J connectivity index is 2.16. The minimum absolute atomic E-state index is 0.518. The predicted molar refractivity (Wildman–Crippen MR) is 65.5 cm³/mol. The van der Waals surface area contributed by atoms with E-state index in [1.807, 2.05) is 24.3 Å². The molecule has 0 saturated heterocycles. The number of hydrogen-bond donors (Lipinski definition) is 1. The molecule has 0 saturated carbocycles. The SMILES string of the molecule is NCc1ccnc(Sc2ccc(Cl)cn2)c1. The van der Waals surface area contributed by atoms with Crippen molar-refractivity contribution < 1.29 is 0 Å². The van der Waals surface area contributed by atoms with Gasteiger partial charge < -0.3 is 5.73 Å². The smallest absolute Gasteiger partial charge is 0.102 e. The predicted octanol–water partition coefficient (Wildman–Crippen LogP) is 2.74. The number of nitrogens with two attached hydrogens (primary N) is 1. The van der Waals surface area contributed by atoms with Crippen LogP contribution in [0.4, 0.5) is 0 Å². The third kappa shape index (κ3) is 2.95. The Bertz CT molecular complexity index is 473. The Hall–Kier alpha value is -1.10. The maximum Gasteiger partial charge on any atom is 0.102 e. The summed E-state index contributed by atoms with van der Waals surface area (Å²) in [4.78, 5) is 8.43. The van der Waals surface area contributed by atoms with Crippen molar-refractivity contribution in [2.45, 2.75) is 16.6 Å². The number of pyridine rings is 2. The van der Waals surface area contributed by atoms with E-state index in [-0.39, 0.29) is 0 Å². The zero-order valence-electron chi connectivity index (χ0n) is 8.43. The number of aromatic nitrogens is 2. The molecular weight excluding hydrogens is 242 g/mol. The van der Waals surface area contributed by atoms with Crippen molar-refractivity contribution in [3.05, 3.63) is 47.2 Å². The molecule has 2 aromatic rings. The van der Waals surface area contributed by atoms with Crippen LogP contribution in [-0.4, -0.2) is 9.97 Å².